The fourth-order valence-corrected chi connectivity index (χ4v) is 3.48. The Morgan fingerprint density at radius 1 is 1.39 bits per heavy atom. The van der Waals surface area contributed by atoms with Crippen LogP contribution in [-0.2, 0) is 10.3 Å². The third-order valence-electron chi connectivity index (χ3n) is 4.11. The summed E-state index contributed by atoms with van der Waals surface area (Å²) in [5.41, 5.74) is 1.36. The monoisotopic (exact) mass is 324 g/mol. The Morgan fingerprint density at radius 3 is 2.83 bits per heavy atom. The van der Waals surface area contributed by atoms with Crippen molar-refractivity contribution >= 4 is 23.2 Å². The van der Waals surface area contributed by atoms with Gasteiger partial charge in [-0.3, -0.25) is 15.1 Å². The predicted molar refractivity (Wildman–Crippen MR) is 90.1 cm³/mol. The second kappa shape index (κ2) is 5.52. The fraction of sp³-hybridized carbons (Fsp3) is 0.235. The van der Waals surface area contributed by atoms with E-state index < -0.39 is 5.54 Å². The van der Waals surface area contributed by atoms with Gasteiger partial charge in [0.2, 0.25) is 5.91 Å². The quantitative estimate of drug-likeness (QED) is 0.891. The van der Waals surface area contributed by atoms with Gasteiger partial charge >= 0.3 is 0 Å². The van der Waals surface area contributed by atoms with Crippen LogP contribution < -0.4 is 5.32 Å². The average molecular weight is 324 g/mol. The Balaban J connectivity index is 1.98. The number of carbonyl (C=O) groups is 1. The minimum Gasteiger partial charge on any atom is -0.346 e. The van der Waals surface area contributed by atoms with Crippen molar-refractivity contribution in [3.05, 3.63) is 46.8 Å². The van der Waals surface area contributed by atoms with Gasteiger partial charge in [0.05, 0.1) is 12.0 Å². The van der Waals surface area contributed by atoms with Gasteiger partial charge in [0.1, 0.15) is 10.9 Å². The van der Waals surface area contributed by atoms with E-state index in [9.17, 15) is 4.79 Å². The van der Waals surface area contributed by atoms with Crippen molar-refractivity contribution in [2.45, 2.75) is 18.9 Å². The summed E-state index contributed by atoms with van der Waals surface area (Å²) >= 11 is 1.44. The van der Waals surface area contributed by atoms with Crippen LogP contribution in [0.2, 0.25) is 0 Å². The van der Waals surface area contributed by atoms with Gasteiger partial charge < -0.3 is 5.32 Å². The van der Waals surface area contributed by atoms with E-state index in [1.807, 2.05) is 37.3 Å². The molecule has 0 unspecified atom stereocenters. The lowest BCUT2D eigenvalue weighted by Gasteiger charge is -2.39. The Kier molecular flexibility index (Phi) is 3.66. The van der Waals surface area contributed by atoms with Crippen LogP contribution in [0.4, 0.5) is 0 Å². The van der Waals surface area contributed by atoms with Crippen molar-refractivity contribution in [3.8, 4) is 16.5 Å². The highest BCUT2D eigenvalue weighted by molar-refractivity contribution is 7.16. The zero-order valence-corrected chi connectivity index (χ0v) is 13.7. The molecule has 0 radical (unpaired) electrons. The molecule has 1 aromatic heterocycles. The summed E-state index contributed by atoms with van der Waals surface area (Å²) < 4.78 is 0. The third-order valence-corrected chi connectivity index (χ3v) is 5.15. The van der Waals surface area contributed by atoms with E-state index in [0.717, 1.165) is 16.0 Å². The highest BCUT2D eigenvalue weighted by Crippen LogP contribution is 2.33. The molecule has 0 spiro atoms. The number of carbonyl (C=O) groups excluding carboxylic acids is 1. The first kappa shape index (κ1) is 15.3. The number of thiophene rings is 1. The molecule has 0 aliphatic carbocycles. The van der Waals surface area contributed by atoms with Crippen LogP contribution >= 0.6 is 11.3 Å². The lowest BCUT2D eigenvalue weighted by Crippen LogP contribution is -2.58. The van der Waals surface area contributed by atoms with Gasteiger partial charge in [-0.15, -0.1) is 11.3 Å². The molecule has 6 heteroatoms. The Hall–Kier alpha value is -2.65. The lowest BCUT2D eigenvalue weighted by atomic mass is 9.85. The minimum absolute atomic E-state index is 0.0791. The van der Waals surface area contributed by atoms with E-state index >= 15 is 0 Å². The standard InChI is InChI=1S/C17H16N4OS/c1-17(9-15(22)21(2)16(19)20-17)12-5-3-4-11(8-12)14-7-6-13(10-18)23-14/h3-8H,9H2,1-2H3,(H2,19,20)/t17-/m0/s1. The molecule has 1 aliphatic heterocycles. The molecule has 1 saturated heterocycles. The maximum absolute atomic E-state index is 12.1. The van der Waals surface area contributed by atoms with Gasteiger partial charge in [-0.25, -0.2) is 0 Å². The predicted octanol–water partition coefficient (Wildman–Crippen LogP) is 2.89. The summed E-state index contributed by atoms with van der Waals surface area (Å²) in [6.07, 6.45) is 0.295. The molecule has 116 valence electrons. The van der Waals surface area contributed by atoms with Crippen LogP contribution in [-0.4, -0.2) is 23.8 Å². The summed E-state index contributed by atoms with van der Waals surface area (Å²) in [5, 5.41) is 20.0. The van der Waals surface area contributed by atoms with Crippen LogP contribution in [0.15, 0.2) is 36.4 Å². The molecule has 0 saturated carbocycles. The molecule has 23 heavy (non-hydrogen) atoms. The molecule has 1 aliphatic rings. The number of amides is 1. The third kappa shape index (κ3) is 2.71. The van der Waals surface area contributed by atoms with E-state index in [1.54, 1.807) is 13.1 Å². The Bertz CT molecular complexity index is 815. The number of rotatable bonds is 2. The topological polar surface area (TPSA) is 80.0 Å². The summed E-state index contributed by atoms with van der Waals surface area (Å²) in [5.74, 6) is 0.0292. The minimum atomic E-state index is -0.605. The van der Waals surface area contributed by atoms with Gasteiger partial charge in [0, 0.05) is 11.9 Å². The first-order valence-electron chi connectivity index (χ1n) is 7.17. The Morgan fingerprint density at radius 2 is 2.17 bits per heavy atom. The average Bonchev–Trinajstić information content (AvgIpc) is 3.02. The number of benzene rings is 1. The van der Waals surface area contributed by atoms with Gasteiger partial charge in [0.15, 0.2) is 5.96 Å². The summed E-state index contributed by atoms with van der Waals surface area (Å²) in [4.78, 5) is 15.1. The second-order valence-corrected chi connectivity index (χ2v) is 6.88. The van der Waals surface area contributed by atoms with Crippen LogP contribution in [0.5, 0.6) is 0 Å². The molecule has 1 aromatic carbocycles. The van der Waals surface area contributed by atoms with Crippen molar-refractivity contribution in [3.63, 3.8) is 0 Å². The highest BCUT2D eigenvalue weighted by atomic mass is 32.1. The maximum atomic E-state index is 12.1. The van der Waals surface area contributed by atoms with Crippen molar-refractivity contribution < 1.29 is 4.79 Å². The molecule has 1 amide bonds. The van der Waals surface area contributed by atoms with Crippen LogP contribution in [0.1, 0.15) is 23.8 Å². The van der Waals surface area contributed by atoms with Crippen molar-refractivity contribution in [2.24, 2.45) is 0 Å². The second-order valence-electron chi connectivity index (χ2n) is 5.79. The zero-order chi connectivity index (χ0) is 16.6. The molecule has 3 rings (SSSR count). The fourth-order valence-electron chi connectivity index (χ4n) is 2.68. The Labute approximate surface area is 138 Å². The van der Waals surface area contributed by atoms with E-state index in [2.05, 4.69) is 11.4 Å². The number of guanidine groups is 1. The van der Waals surface area contributed by atoms with Gasteiger partial charge in [-0.2, -0.15) is 5.26 Å². The molecular weight excluding hydrogens is 308 g/mol. The van der Waals surface area contributed by atoms with Crippen molar-refractivity contribution in [1.82, 2.24) is 10.2 Å². The zero-order valence-electron chi connectivity index (χ0n) is 12.9. The first-order chi connectivity index (χ1) is 10.9. The van der Waals surface area contributed by atoms with E-state index in [1.165, 1.54) is 16.2 Å². The molecule has 0 bridgehead atoms. The van der Waals surface area contributed by atoms with E-state index in [0.29, 0.717) is 11.3 Å². The molecular formula is C17H16N4OS. The molecule has 1 atom stereocenters. The van der Waals surface area contributed by atoms with E-state index in [-0.39, 0.29) is 11.9 Å². The molecule has 2 aromatic rings. The summed E-state index contributed by atoms with van der Waals surface area (Å²) in [6, 6.07) is 13.8. The van der Waals surface area contributed by atoms with Gasteiger partial charge in [0.25, 0.3) is 0 Å². The highest BCUT2D eigenvalue weighted by Gasteiger charge is 2.37. The first-order valence-corrected chi connectivity index (χ1v) is 7.99. The van der Waals surface area contributed by atoms with Gasteiger partial charge in [-0.05, 0) is 36.2 Å². The molecule has 2 N–H and O–H groups in total. The number of nitrogens with zero attached hydrogens (tertiary/aromatic N) is 2. The van der Waals surface area contributed by atoms with E-state index in [4.69, 9.17) is 10.7 Å². The van der Waals surface area contributed by atoms with Crippen molar-refractivity contribution in [1.29, 1.82) is 10.7 Å². The lowest BCUT2D eigenvalue weighted by molar-refractivity contribution is -0.129. The number of nitriles is 1. The normalized spacial score (nSPS) is 21.0. The molecule has 5 nitrogen and oxygen atoms in total. The molecule has 1 fully saturated rings. The van der Waals surface area contributed by atoms with Crippen LogP contribution in [0, 0.1) is 16.7 Å². The van der Waals surface area contributed by atoms with Gasteiger partial charge in [-0.1, -0.05) is 18.2 Å². The largest absolute Gasteiger partial charge is 0.346 e. The summed E-state index contributed by atoms with van der Waals surface area (Å²) in [7, 11) is 1.60. The smallest absolute Gasteiger partial charge is 0.231 e. The molecule has 2 heterocycles. The van der Waals surface area contributed by atoms with Crippen LogP contribution in [0.3, 0.4) is 0 Å². The SMILES string of the molecule is CN1C(=N)N[C@](C)(c2cccc(-c3ccc(C#N)s3)c2)CC1=O. The van der Waals surface area contributed by atoms with Crippen molar-refractivity contribution in [2.75, 3.05) is 7.05 Å². The number of hydrogen-bond acceptors (Lipinski definition) is 4. The summed E-state index contributed by atoms with van der Waals surface area (Å²) in [6.45, 7) is 1.93. The maximum Gasteiger partial charge on any atom is 0.231 e. The van der Waals surface area contributed by atoms with Crippen LogP contribution in [0.25, 0.3) is 10.4 Å². The number of nitrogens with one attached hydrogen (secondary N) is 2. The number of hydrogen-bond donors (Lipinski definition) is 2.